The Morgan fingerprint density at radius 1 is 1.43 bits per heavy atom. The number of carbonyl (C=O) groups excluding carboxylic acids is 1. The van der Waals surface area contributed by atoms with Crippen LogP contribution in [-0.2, 0) is 0 Å². The van der Waals surface area contributed by atoms with E-state index in [-0.39, 0.29) is 11.4 Å². The molecular weight excluding hydrogens is 176 g/mol. The van der Waals surface area contributed by atoms with Crippen LogP contribution in [0.25, 0.3) is 0 Å². The van der Waals surface area contributed by atoms with E-state index in [2.05, 4.69) is 10.3 Å². The van der Waals surface area contributed by atoms with E-state index in [1.165, 1.54) is 0 Å². The van der Waals surface area contributed by atoms with Crippen molar-refractivity contribution in [2.75, 3.05) is 0 Å². The van der Waals surface area contributed by atoms with E-state index < -0.39 is 0 Å². The summed E-state index contributed by atoms with van der Waals surface area (Å²) in [5, 5.41) is 2.91. The molecule has 3 nitrogen and oxygen atoms in total. The number of carbonyl (C=O) groups is 1. The largest absolute Gasteiger partial charge is 0.347 e. The fourth-order valence-electron chi connectivity index (χ4n) is 1.14. The smallest absolute Gasteiger partial charge is 0.252 e. The second-order valence-corrected chi connectivity index (χ2v) is 4.39. The minimum Gasteiger partial charge on any atom is -0.347 e. The van der Waals surface area contributed by atoms with Crippen LogP contribution in [0.3, 0.4) is 0 Å². The third-order valence-corrected chi connectivity index (χ3v) is 1.75. The lowest BCUT2D eigenvalue weighted by Gasteiger charge is -2.20. The second kappa shape index (κ2) is 3.78. The lowest BCUT2D eigenvalue weighted by Crippen LogP contribution is -2.40. The van der Waals surface area contributed by atoms with E-state index in [1.807, 2.05) is 27.7 Å². The fourth-order valence-corrected chi connectivity index (χ4v) is 1.14. The molecule has 0 unspecified atom stereocenters. The summed E-state index contributed by atoms with van der Waals surface area (Å²) in [5.41, 5.74) is 1.39. The molecule has 1 N–H and O–H groups in total. The van der Waals surface area contributed by atoms with Gasteiger partial charge >= 0.3 is 0 Å². The van der Waals surface area contributed by atoms with Gasteiger partial charge in [-0.3, -0.25) is 9.78 Å². The molecule has 1 aromatic rings. The normalized spacial score (nSPS) is 11.1. The van der Waals surface area contributed by atoms with Gasteiger partial charge in [0.15, 0.2) is 0 Å². The molecule has 0 aromatic carbocycles. The van der Waals surface area contributed by atoms with E-state index in [0.29, 0.717) is 5.56 Å². The number of aromatic nitrogens is 1. The number of pyridine rings is 1. The molecule has 0 aliphatic carbocycles. The molecule has 1 rings (SSSR count). The number of hydrogen-bond donors (Lipinski definition) is 1. The molecule has 0 spiro atoms. The predicted molar refractivity (Wildman–Crippen MR) is 56.2 cm³/mol. The zero-order chi connectivity index (χ0) is 10.8. The first-order chi connectivity index (χ1) is 6.40. The molecule has 0 fully saturated rings. The van der Waals surface area contributed by atoms with Crippen LogP contribution >= 0.6 is 0 Å². The molecule has 0 bridgehead atoms. The summed E-state index contributed by atoms with van der Waals surface area (Å²) in [6.45, 7) is 7.76. The fraction of sp³-hybridized carbons (Fsp3) is 0.455. The molecule has 76 valence electrons. The van der Waals surface area contributed by atoms with Gasteiger partial charge in [0.1, 0.15) is 0 Å². The van der Waals surface area contributed by atoms with E-state index in [0.717, 1.165) is 5.56 Å². The highest BCUT2D eigenvalue weighted by atomic mass is 16.1. The van der Waals surface area contributed by atoms with Crippen molar-refractivity contribution < 1.29 is 4.79 Å². The third kappa shape index (κ3) is 2.83. The first-order valence-electron chi connectivity index (χ1n) is 4.63. The monoisotopic (exact) mass is 192 g/mol. The van der Waals surface area contributed by atoms with Crippen molar-refractivity contribution in [3.63, 3.8) is 0 Å². The summed E-state index contributed by atoms with van der Waals surface area (Å²) in [7, 11) is 0. The topological polar surface area (TPSA) is 42.0 Å². The van der Waals surface area contributed by atoms with Crippen LogP contribution in [0.2, 0.25) is 0 Å². The Labute approximate surface area is 84.6 Å². The molecule has 0 aliphatic heterocycles. The SMILES string of the molecule is Cc1cnccc1C(=O)NC(C)(C)C. The minimum absolute atomic E-state index is 0.0441. The van der Waals surface area contributed by atoms with Crippen LogP contribution in [0.15, 0.2) is 18.5 Å². The minimum atomic E-state index is -0.202. The highest BCUT2D eigenvalue weighted by Crippen LogP contribution is 2.07. The van der Waals surface area contributed by atoms with Gasteiger partial charge in [-0.15, -0.1) is 0 Å². The van der Waals surface area contributed by atoms with Gasteiger partial charge in [0.05, 0.1) is 0 Å². The van der Waals surface area contributed by atoms with E-state index >= 15 is 0 Å². The Balaban J connectivity index is 2.86. The van der Waals surface area contributed by atoms with Gasteiger partial charge in [0, 0.05) is 23.5 Å². The first-order valence-corrected chi connectivity index (χ1v) is 4.63. The van der Waals surface area contributed by atoms with Crippen LogP contribution in [0.4, 0.5) is 0 Å². The van der Waals surface area contributed by atoms with Crippen LogP contribution < -0.4 is 5.32 Å². The number of rotatable bonds is 1. The van der Waals surface area contributed by atoms with Gasteiger partial charge < -0.3 is 5.32 Å². The van der Waals surface area contributed by atoms with Crippen molar-refractivity contribution >= 4 is 5.91 Å². The highest BCUT2D eigenvalue weighted by molar-refractivity contribution is 5.95. The van der Waals surface area contributed by atoms with Crippen molar-refractivity contribution in [2.24, 2.45) is 0 Å². The predicted octanol–water partition coefficient (Wildman–Crippen LogP) is 1.92. The number of aryl methyl sites for hydroxylation is 1. The maximum atomic E-state index is 11.7. The standard InChI is InChI=1S/C11H16N2O/c1-8-7-12-6-5-9(8)10(14)13-11(2,3)4/h5-7H,1-4H3,(H,13,14). The molecular formula is C11H16N2O. The van der Waals surface area contributed by atoms with Crippen LogP contribution in [0.1, 0.15) is 36.7 Å². The van der Waals surface area contributed by atoms with Gasteiger partial charge in [0.2, 0.25) is 0 Å². The highest BCUT2D eigenvalue weighted by Gasteiger charge is 2.16. The summed E-state index contributed by atoms with van der Waals surface area (Å²) in [6.07, 6.45) is 3.32. The van der Waals surface area contributed by atoms with E-state index in [4.69, 9.17) is 0 Å². The van der Waals surface area contributed by atoms with Gasteiger partial charge in [-0.25, -0.2) is 0 Å². The quantitative estimate of drug-likeness (QED) is 0.738. The van der Waals surface area contributed by atoms with E-state index in [9.17, 15) is 4.79 Å². The number of amides is 1. The van der Waals surface area contributed by atoms with Gasteiger partial charge in [0.25, 0.3) is 5.91 Å². The Morgan fingerprint density at radius 3 is 2.57 bits per heavy atom. The second-order valence-electron chi connectivity index (χ2n) is 4.39. The maximum Gasteiger partial charge on any atom is 0.252 e. The summed E-state index contributed by atoms with van der Waals surface area (Å²) < 4.78 is 0. The molecule has 3 heteroatoms. The molecule has 0 saturated heterocycles. The molecule has 0 atom stereocenters. The van der Waals surface area contributed by atoms with Gasteiger partial charge in [-0.1, -0.05) is 0 Å². The summed E-state index contributed by atoms with van der Waals surface area (Å²) in [6, 6.07) is 1.73. The zero-order valence-corrected chi connectivity index (χ0v) is 9.09. The Kier molecular flexibility index (Phi) is 2.89. The molecule has 0 aliphatic rings. The first kappa shape index (κ1) is 10.7. The van der Waals surface area contributed by atoms with Crippen LogP contribution in [0, 0.1) is 6.92 Å². The summed E-state index contributed by atoms with van der Waals surface area (Å²) >= 11 is 0. The molecule has 0 radical (unpaired) electrons. The molecule has 1 aromatic heterocycles. The summed E-state index contributed by atoms with van der Waals surface area (Å²) in [4.78, 5) is 15.7. The van der Waals surface area contributed by atoms with Crippen molar-refractivity contribution in [2.45, 2.75) is 33.2 Å². The zero-order valence-electron chi connectivity index (χ0n) is 9.09. The Hall–Kier alpha value is -1.38. The average Bonchev–Trinajstić information content (AvgIpc) is 2.01. The number of hydrogen-bond acceptors (Lipinski definition) is 2. The summed E-state index contributed by atoms with van der Waals surface area (Å²) in [5.74, 6) is -0.0441. The third-order valence-electron chi connectivity index (χ3n) is 1.75. The van der Waals surface area contributed by atoms with Gasteiger partial charge in [-0.2, -0.15) is 0 Å². The lowest BCUT2D eigenvalue weighted by molar-refractivity contribution is 0.0919. The van der Waals surface area contributed by atoms with E-state index in [1.54, 1.807) is 18.5 Å². The van der Waals surface area contributed by atoms with Crippen LogP contribution in [-0.4, -0.2) is 16.4 Å². The van der Waals surface area contributed by atoms with Crippen molar-refractivity contribution in [3.8, 4) is 0 Å². The Bertz CT molecular complexity index is 339. The lowest BCUT2D eigenvalue weighted by atomic mass is 10.1. The van der Waals surface area contributed by atoms with Crippen molar-refractivity contribution in [1.82, 2.24) is 10.3 Å². The van der Waals surface area contributed by atoms with Crippen molar-refractivity contribution in [1.29, 1.82) is 0 Å². The molecule has 1 heterocycles. The number of nitrogens with one attached hydrogen (secondary N) is 1. The number of nitrogens with zero attached hydrogens (tertiary/aromatic N) is 1. The Morgan fingerprint density at radius 2 is 2.07 bits per heavy atom. The molecule has 0 saturated carbocycles. The average molecular weight is 192 g/mol. The molecule has 1 amide bonds. The maximum absolute atomic E-state index is 11.7. The van der Waals surface area contributed by atoms with Crippen molar-refractivity contribution in [3.05, 3.63) is 29.6 Å². The molecule has 14 heavy (non-hydrogen) atoms. The van der Waals surface area contributed by atoms with Gasteiger partial charge in [-0.05, 0) is 39.3 Å². The van der Waals surface area contributed by atoms with Crippen LogP contribution in [0.5, 0.6) is 0 Å².